The summed E-state index contributed by atoms with van der Waals surface area (Å²) in [5, 5.41) is 0. The molecule has 2 atom stereocenters. The van der Waals surface area contributed by atoms with Crippen molar-refractivity contribution < 1.29 is 4.39 Å². The summed E-state index contributed by atoms with van der Waals surface area (Å²) in [5.41, 5.74) is 7.52. The first kappa shape index (κ1) is 21.6. The zero-order chi connectivity index (χ0) is 23.4. The Morgan fingerprint density at radius 2 is 1.09 bits per heavy atom. The smallest absolute Gasteiger partial charge is 0.123 e. The first-order valence-electron chi connectivity index (χ1n) is 13.4. The highest BCUT2D eigenvalue weighted by molar-refractivity contribution is 5.57. The minimum atomic E-state index is -0.157. The minimum Gasteiger partial charge on any atom is -0.369 e. The third kappa shape index (κ3) is 3.70. The van der Waals surface area contributed by atoms with Gasteiger partial charge in [-0.05, 0) is 77.9 Å². The van der Waals surface area contributed by atoms with Crippen molar-refractivity contribution >= 4 is 5.69 Å². The molecule has 0 spiro atoms. The van der Waals surface area contributed by atoms with Crippen LogP contribution in [0.4, 0.5) is 10.1 Å². The third-order valence-corrected chi connectivity index (χ3v) is 9.19. The lowest BCUT2D eigenvalue weighted by Gasteiger charge is -2.48. The maximum absolute atomic E-state index is 13.2. The second-order valence-electron chi connectivity index (χ2n) is 11.0. The normalized spacial score (nSPS) is 27.5. The van der Waals surface area contributed by atoms with Crippen LogP contribution in [0.5, 0.6) is 0 Å². The van der Waals surface area contributed by atoms with Crippen LogP contribution in [-0.4, -0.2) is 62.2 Å². The fourth-order valence-corrected chi connectivity index (χ4v) is 7.64. The van der Waals surface area contributed by atoms with Crippen molar-refractivity contribution in [1.82, 2.24) is 9.80 Å². The van der Waals surface area contributed by atoms with E-state index in [0.717, 1.165) is 43.7 Å². The molecule has 3 aromatic carbocycles. The van der Waals surface area contributed by atoms with Crippen molar-refractivity contribution in [1.29, 1.82) is 0 Å². The molecule has 2 aliphatic heterocycles. The molecule has 4 heteroatoms. The lowest BCUT2D eigenvalue weighted by molar-refractivity contribution is 0.231. The molecule has 2 bridgehead atoms. The molecule has 180 valence electrons. The lowest BCUT2D eigenvalue weighted by Crippen LogP contribution is -2.47. The highest BCUT2D eigenvalue weighted by Crippen LogP contribution is 2.60. The fourth-order valence-electron chi connectivity index (χ4n) is 7.64. The van der Waals surface area contributed by atoms with Crippen molar-refractivity contribution in [2.75, 3.05) is 57.3 Å². The van der Waals surface area contributed by atoms with Gasteiger partial charge in [0.05, 0.1) is 0 Å². The molecule has 3 aromatic rings. The molecule has 2 unspecified atom stereocenters. The summed E-state index contributed by atoms with van der Waals surface area (Å²) in [5.74, 6) is 2.49. The molecular weight excluding hydrogens is 433 g/mol. The number of hydrogen-bond donors (Lipinski definition) is 0. The Morgan fingerprint density at radius 3 is 1.60 bits per heavy atom. The van der Waals surface area contributed by atoms with E-state index in [-0.39, 0.29) is 5.82 Å². The average molecular weight is 468 g/mol. The van der Waals surface area contributed by atoms with Crippen molar-refractivity contribution in [3.63, 3.8) is 0 Å². The highest BCUT2D eigenvalue weighted by atomic mass is 19.1. The van der Waals surface area contributed by atoms with Gasteiger partial charge in [-0.25, -0.2) is 4.39 Å². The number of likely N-dealkylation sites (tertiary alicyclic amines) is 1. The second-order valence-corrected chi connectivity index (χ2v) is 11.0. The molecule has 0 aromatic heterocycles. The Kier molecular flexibility index (Phi) is 5.40. The number of hydrogen-bond acceptors (Lipinski definition) is 3. The van der Waals surface area contributed by atoms with Crippen LogP contribution < -0.4 is 4.90 Å². The van der Waals surface area contributed by atoms with Gasteiger partial charge < -0.3 is 9.80 Å². The molecule has 2 saturated heterocycles. The van der Waals surface area contributed by atoms with Gasteiger partial charge in [0.15, 0.2) is 0 Å². The summed E-state index contributed by atoms with van der Waals surface area (Å²) < 4.78 is 13.2. The largest absolute Gasteiger partial charge is 0.369 e. The van der Waals surface area contributed by atoms with E-state index in [1.54, 1.807) is 34.4 Å². The summed E-state index contributed by atoms with van der Waals surface area (Å²) in [6.07, 6.45) is 1.24. The zero-order valence-corrected chi connectivity index (χ0v) is 20.3. The predicted molar refractivity (Wildman–Crippen MR) is 140 cm³/mol. The van der Waals surface area contributed by atoms with Gasteiger partial charge in [-0.15, -0.1) is 0 Å². The van der Waals surface area contributed by atoms with Gasteiger partial charge in [0.25, 0.3) is 0 Å². The highest BCUT2D eigenvalue weighted by Gasteiger charge is 2.52. The maximum Gasteiger partial charge on any atom is 0.123 e. The van der Waals surface area contributed by atoms with Gasteiger partial charge in [-0.1, -0.05) is 48.5 Å². The van der Waals surface area contributed by atoms with Gasteiger partial charge in [0.1, 0.15) is 5.82 Å². The number of rotatable bonds is 5. The van der Waals surface area contributed by atoms with Gasteiger partial charge in [0.2, 0.25) is 0 Å². The molecule has 0 radical (unpaired) electrons. The maximum atomic E-state index is 13.2. The Balaban J connectivity index is 0.968. The van der Waals surface area contributed by atoms with E-state index in [1.807, 2.05) is 12.1 Å². The van der Waals surface area contributed by atoms with Crippen molar-refractivity contribution in [2.45, 2.75) is 18.3 Å². The number of benzene rings is 3. The Morgan fingerprint density at radius 1 is 0.600 bits per heavy atom. The van der Waals surface area contributed by atoms with Crippen molar-refractivity contribution in [3.05, 3.63) is 101 Å². The predicted octanol–water partition coefficient (Wildman–Crippen LogP) is 5.18. The van der Waals surface area contributed by atoms with Crippen molar-refractivity contribution in [3.8, 4) is 0 Å². The molecule has 0 amide bonds. The quantitative estimate of drug-likeness (QED) is 0.512. The van der Waals surface area contributed by atoms with Gasteiger partial charge >= 0.3 is 0 Å². The molecule has 8 rings (SSSR count). The topological polar surface area (TPSA) is 9.72 Å². The number of anilines is 1. The molecule has 2 heterocycles. The molecular formula is C31H34FN3. The fraction of sp³-hybridized carbons (Fsp3) is 0.419. The van der Waals surface area contributed by atoms with E-state index < -0.39 is 0 Å². The van der Waals surface area contributed by atoms with Crippen LogP contribution in [0.1, 0.15) is 40.5 Å². The average Bonchev–Trinajstić information content (AvgIpc) is 3.34. The van der Waals surface area contributed by atoms with Crippen LogP contribution in [-0.2, 0) is 0 Å². The monoisotopic (exact) mass is 467 g/mol. The van der Waals surface area contributed by atoms with E-state index in [0.29, 0.717) is 11.8 Å². The van der Waals surface area contributed by atoms with Crippen LogP contribution in [0, 0.1) is 17.7 Å². The molecule has 5 aliphatic rings. The molecule has 0 N–H and O–H groups in total. The number of nitrogens with zero attached hydrogens (tertiary/aromatic N) is 3. The molecule has 3 aliphatic carbocycles. The van der Waals surface area contributed by atoms with Crippen molar-refractivity contribution in [2.24, 2.45) is 11.8 Å². The standard InChI is InChI=1S/C31H34FN3/c32-22-10-12-23(13-11-22)35-18-16-33(17-19-35)14-5-15-34-20-28-29(21-34)31-25-7-2-1-6-24(25)30(28)26-8-3-4-9-27(26)31/h1-4,6-13,28-31H,5,14-21H2. The summed E-state index contributed by atoms with van der Waals surface area (Å²) in [7, 11) is 0. The number of piperazine rings is 1. The molecule has 0 saturated carbocycles. The van der Waals surface area contributed by atoms with E-state index in [4.69, 9.17) is 0 Å². The van der Waals surface area contributed by atoms with E-state index >= 15 is 0 Å². The Bertz CT molecular complexity index is 1090. The third-order valence-electron chi connectivity index (χ3n) is 9.19. The van der Waals surface area contributed by atoms with E-state index in [2.05, 4.69) is 63.2 Å². The zero-order valence-electron chi connectivity index (χ0n) is 20.3. The molecule has 3 nitrogen and oxygen atoms in total. The van der Waals surface area contributed by atoms with Crippen LogP contribution in [0.25, 0.3) is 0 Å². The summed E-state index contributed by atoms with van der Waals surface area (Å²) in [6.45, 7) is 9.11. The van der Waals surface area contributed by atoms with Crippen LogP contribution in [0.3, 0.4) is 0 Å². The van der Waals surface area contributed by atoms with Gasteiger partial charge in [0, 0.05) is 56.8 Å². The number of halogens is 1. The Hall–Kier alpha value is -2.69. The molecule has 35 heavy (non-hydrogen) atoms. The van der Waals surface area contributed by atoms with Gasteiger partial charge in [-0.3, -0.25) is 4.90 Å². The molecule has 2 fully saturated rings. The Labute approximate surface area is 208 Å². The summed E-state index contributed by atoms with van der Waals surface area (Å²) >= 11 is 0. The van der Waals surface area contributed by atoms with Crippen LogP contribution in [0.15, 0.2) is 72.8 Å². The van der Waals surface area contributed by atoms with Crippen LogP contribution in [0.2, 0.25) is 0 Å². The van der Waals surface area contributed by atoms with Gasteiger partial charge in [-0.2, -0.15) is 0 Å². The van der Waals surface area contributed by atoms with Crippen LogP contribution >= 0.6 is 0 Å². The first-order valence-corrected chi connectivity index (χ1v) is 13.4. The summed E-state index contributed by atoms with van der Waals surface area (Å²) in [4.78, 5) is 7.76. The van der Waals surface area contributed by atoms with E-state index in [9.17, 15) is 4.39 Å². The van der Waals surface area contributed by atoms with E-state index in [1.165, 1.54) is 32.6 Å². The lowest BCUT2D eigenvalue weighted by atomic mass is 9.55. The minimum absolute atomic E-state index is 0.157. The summed E-state index contributed by atoms with van der Waals surface area (Å²) in [6, 6.07) is 25.5. The SMILES string of the molecule is Fc1ccc(N2CCN(CCCN3CC4C5c6ccccc6C(c6ccccc65)C4C3)CC2)cc1. The first-order chi connectivity index (χ1) is 17.3. The second kappa shape index (κ2) is 8.76.